The van der Waals surface area contributed by atoms with E-state index in [-0.39, 0.29) is 0 Å². The lowest BCUT2D eigenvalue weighted by Crippen LogP contribution is -2.30. The molecule has 0 radical (unpaired) electrons. The average Bonchev–Trinajstić information content (AvgIpc) is 2.76. The third kappa shape index (κ3) is 2.47. The first-order valence-corrected chi connectivity index (χ1v) is 7.10. The zero-order valence-corrected chi connectivity index (χ0v) is 11.8. The van der Waals surface area contributed by atoms with Crippen LogP contribution in [0.5, 0.6) is 5.75 Å². The Bertz CT molecular complexity index is 567. The Morgan fingerprint density at radius 3 is 3.05 bits per heavy atom. The summed E-state index contributed by atoms with van der Waals surface area (Å²) in [7, 11) is 3.84. The van der Waals surface area contributed by atoms with Crippen molar-refractivity contribution in [2.24, 2.45) is 13.0 Å². The van der Waals surface area contributed by atoms with Crippen molar-refractivity contribution in [3.05, 3.63) is 30.0 Å². The Hall–Kier alpha value is -1.48. The Morgan fingerprint density at radius 2 is 2.32 bits per heavy atom. The number of ether oxygens (including phenoxy) is 1. The minimum absolute atomic E-state index is 0.779. The van der Waals surface area contributed by atoms with Crippen molar-refractivity contribution in [3.8, 4) is 5.75 Å². The summed E-state index contributed by atoms with van der Waals surface area (Å²) in [6.07, 6.45) is 6.11. The molecule has 0 bridgehead atoms. The van der Waals surface area contributed by atoms with Gasteiger partial charge >= 0.3 is 0 Å². The smallest absolute Gasteiger partial charge is 0.120 e. The number of hydrogen-bond donors (Lipinski definition) is 1. The summed E-state index contributed by atoms with van der Waals surface area (Å²) in [5, 5.41) is 4.87. The van der Waals surface area contributed by atoms with Gasteiger partial charge in [-0.15, -0.1) is 0 Å². The standard InChI is InChI=1S/C16H22N2O/c1-18-11-13(8-12-4-3-7-17-10-12)15-6-5-14(19-2)9-16(15)18/h5-6,9,11-12,17H,3-4,7-8,10H2,1-2H3. The maximum Gasteiger partial charge on any atom is 0.120 e. The number of nitrogens with one attached hydrogen (secondary N) is 1. The molecule has 1 fully saturated rings. The van der Waals surface area contributed by atoms with Gasteiger partial charge in [-0.25, -0.2) is 0 Å². The van der Waals surface area contributed by atoms with Crippen molar-refractivity contribution in [2.45, 2.75) is 19.3 Å². The number of methoxy groups -OCH3 is 1. The van der Waals surface area contributed by atoms with E-state index in [9.17, 15) is 0 Å². The van der Waals surface area contributed by atoms with Gasteiger partial charge in [0.1, 0.15) is 5.75 Å². The molecule has 3 nitrogen and oxygen atoms in total. The van der Waals surface area contributed by atoms with Gasteiger partial charge in [0.2, 0.25) is 0 Å². The molecular formula is C16H22N2O. The zero-order chi connectivity index (χ0) is 13.2. The van der Waals surface area contributed by atoms with Crippen molar-refractivity contribution in [1.29, 1.82) is 0 Å². The lowest BCUT2D eigenvalue weighted by Gasteiger charge is -2.22. The minimum Gasteiger partial charge on any atom is -0.497 e. The predicted molar refractivity (Wildman–Crippen MR) is 78.8 cm³/mol. The normalized spacial score (nSPS) is 19.8. The van der Waals surface area contributed by atoms with E-state index in [2.05, 4.69) is 41.3 Å². The Balaban J connectivity index is 1.90. The van der Waals surface area contributed by atoms with E-state index in [1.165, 1.54) is 42.3 Å². The predicted octanol–water partition coefficient (Wildman–Crippen LogP) is 2.73. The van der Waals surface area contributed by atoms with Crippen LogP contribution >= 0.6 is 0 Å². The molecule has 0 spiro atoms. The van der Waals surface area contributed by atoms with Gasteiger partial charge in [-0.05, 0) is 56.0 Å². The van der Waals surface area contributed by atoms with E-state index in [0.717, 1.165) is 18.2 Å². The number of nitrogens with zero attached hydrogens (tertiary/aromatic N) is 1. The molecule has 0 amide bonds. The number of hydrogen-bond acceptors (Lipinski definition) is 2. The highest BCUT2D eigenvalue weighted by atomic mass is 16.5. The molecule has 0 saturated carbocycles. The number of aryl methyl sites for hydroxylation is 1. The SMILES string of the molecule is COc1ccc2c(CC3CCCNC3)cn(C)c2c1. The third-order valence-electron chi connectivity index (χ3n) is 4.19. The van der Waals surface area contributed by atoms with Crippen molar-refractivity contribution in [1.82, 2.24) is 9.88 Å². The number of rotatable bonds is 3. The van der Waals surface area contributed by atoms with Crippen LogP contribution in [0, 0.1) is 5.92 Å². The number of benzene rings is 1. The molecule has 19 heavy (non-hydrogen) atoms. The van der Waals surface area contributed by atoms with E-state index >= 15 is 0 Å². The number of piperidine rings is 1. The van der Waals surface area contributed by atoms with Crippen LogP contribution < -0.4 is 10.1 Å². The minimum atomic E-state index is 0.779. The molecule has 1 atom stereocenters. The van der Waals surface area contributed by atoms with Gasteiger partial charge in [0.15, 0.2) is 0 Å². The average molecular weight is 258 g/mol. The van der Waals surface area contributed by atoms with Gasteiger partial charge < -0.3 is 14.6 Å². The van der Waals surface area contributed by atoms with Gasteiger partial charge in [-0.3, -0.25) is 0 Å². The number of aromatic nitrogens is 1. The number of fused-ring (bicyclic) bond motifs is 1. The summed E-state index contributed by atoms with van der Waals surface area (Å²) < 4.78 is 7.52. The maximum absolute atomic E-state index is 5.31. The Kier molecular flexibility index (Phi) is 3.47. The monoisotopic (exact) mass is 258 g/mol. The van der Waals surface area contributed by atoms with Crippen LogP contribution in [0.2, 0.25) is 0 Å². The second kappa shape index (κ2) is 5.25. The van der Waals surface area contributed by atoms with Crippen LogP contribution in [0.4, 0.5) is 0 Å². The first-order valence-electron chi connectivity index (χ1n) is 7.10. The molecule has 3 rings (SSSR count). The van der Waals surface area contributed by atoms with E-state index < -0.39 is 0 Å². The molecule has 2 heterocycles. The van der Waals surface area contributed by atoms with Crippen LogP contribution in [-0.2, 0) is 13.5 Å². The van der Waals surface area contributed by atoms with Crippen LogP contribution in [0.1, 0.15) is 18.4 Å². The molecule has 1 aromatic carbocycles. The molecule has 2 aromatic rings. The largest absolute Gasteiger partial charge is 0.497 e. The molecule has 1 aliphatic rings. The first-order chi connectivity index (χ1) is 9.28. The molecule has 1 saturated heterocycles. The highest BCUT2D eigenvalue weighted by Gasteiger charge is 2.16. The molecule has 3 heteroatoms. The van der Waals surface area contributed by atoms with E-state index in [4.69, 9.17) is 4.74 Å². The van der Waals surface area contributed by atoms with Gasteiger partial charge in [-0.1, -0.05) is 0 Å². The fraction of sp³-hybridized carbons (Fsp3) is 0.500. The highest BCUT2D eigenvalue weighted by Crippen LogP contribution is 2.28. The van der Waals surface area contributed by atoms with Crippen LogP contribution in [0.3, 0.4) is 0 Å². The summed E-state index contributed by atoms with van der Waals surface area (Å²) >= 11 is 0. The summed E-state index contributed by atoms with van der Waals surface area (Å²) in [6.45, 7) is 2.34. The quantitative estimate of drug-likeness (QED) is 0.916. The highest BCUT2D eigenvalue weighted by molar-refractivity contribution is 5.85. The Labute approximate surface area is 114 Å². The van der Waals surface area contributed by atoms with Crippen LogP contribution in [-0.4, -0.2) is 24.8 Å². The van der Waals surface area contributed by atoms with Crippen molar-refractivity contribution >= 4 is 10.9 Å². The van der Waals surface area contributed by atoms with Gasteiger partial charge in [-0.2, -0.15) is 0 Å². The van der Waals surface area contributed by atoms with Crippen LogP contribution in [0.15, 0.2) is 24.4 Å². The Morgan fingerprint density at radius 1 is 1.42 bits per heavy atom. The van der Waals surface area contributed by atoms with Crippen molar-refractivity contribution in [2.75, 3.05) is 20.2 Å². The topological polar surface area (TPSA) is 26.2 Å². The maximum atomic E-state index is 5.31. The molecule has 0 aliphatic carbocycles. The van der Waals surface area contributed by atoms with Gasteiger partial charge in [0.05, 0.1) is 12.6 Å². The van der Waals surface area contributed by atoms with Crippen LogP contribution in [0.25, 0.3) is 10.9 Å². The summed E-state index contributed by atoms with van der Waals surface area (Å²) in [6, 6.07) is 6.38. The van der Waals surface area contributed by atoms with Crippen molar-refractivity contribution < 1.29 is 4.74 Å². The zero-order valence-electron chi connectivity index (χ0n) is 11.8. The fourth-order valence-electron chi connectivity index (χ4n) is 3.15. The van der Waals surface area contributed by atoms with E-state index in [0.29, 0.717) is 0 Å². The summed E-state index contributed by atoms with van der Waals surface area (Å²) in [5.74, 6) is 1.71. The van der Waals surface area contributed by atoms with E-state index in [1.807, 2.05) is 0 Å². The van der Waals surface area contributed by atoms with Gasteiger partial charge in [0, 0.05) is 24.7 Å². The first kappa shape index (κ1) is 12.5. The van der Waals surface area contributed by atoms with Gasteiger partial charge in [0.25, 0.3) is 0 Å². The molecule has 102 valence electrons. The molecule has 1 unspecified atom stereocenters. The fourth-order valence-corrected chi connectivity index (χ4v) is 3.15. The van der Waals surface area contributed by atoms with Crippen molar-refractivity contribution in [3.63, 3.8) is 0 Å². The summed E-state index contributed by atoms with van der Waals surface area (Å²) in [4.78, 5) is 0. The summed E-state index contributed by atoms with van der Waals surface area (Å²) in [5.41, 5.74) is 2.73. The lowest BCUT2D eigenvalue weighted by atomic mass is 9.92. The molecule has 1 N–H and O–H groups in total. The molecular weight excluding hydrogens is 236 g/mol. The second-order valence-corrected chi connectivity index (χ2v) is 5.56. The molecule has 1 aromatic heterocycles. The lowest BCUT2D eigenvalue weighted by molar-refractivity contribution is 0.376. The third-order valence-corrected chi connectivity index (χ3v) is 4.19. The molecule has 1 aliphatic heterocycles. The van der Waals surface area contributed by atoms with E-state index in [1.54, 1.807) is 7.11 Å². The second-order valence-electron chi connectivity index (χ2n) is 5.56.